The molecule has 1 atom stereocenters. The summed E-state index contributed by atoms with van der Waals surface area (Å²) in [7, 11) is 0. The van der Waals surface area contributed by atoms with Crippen LogP contribution in [0.3, 0.4) is 0 Å². The molecule has 5 heteroatoms. The lowest BCUT2D eigenvalue weighted by molar-refractivity contribution is -0.123. The first-order valence-corrected chi connectivity index (χ1v) is 12.5. The zero-order chi connectivity index (χ0) is 25.6. The van der Waals surface area contributed by atoms with Crippen molar-refractivity contribution in [3.05, 3.63) is 119 Å². The second-order valence-corrected chi connectivity index (χ2v) is 9.88. The number of benzene rings is 4. The van der Waals surface area contributed by atoms with Crippen molar-refractivity contribution in [2.45, 2.75) is 25.8 Å². The van der Waals surface area contributed by atoms with E-state index in [0.717, 1.165) is 38.5 Å². The highest BCUT2D eigenvalue weighted by molar-refractivity contribution is 6.19. The molecule has 0 bridgehead atoms. The zero-order valence-electron chi connectivity index (χ0n) is 20.9. The fourth-order valence-electron chi connectivity index (χ4n) is 5.38. The summed E-state index contributed by atoms with van der Waals surface area (Å²) in [4.78, 5) is 34.4. The number of aryl methyl sites for hydroxylation is 1. The number of anilines is 1. The lowest BCUT2D eigenvalue weighted by atomic mass is 9.78. The third kappa shape index (κ3) is 3.75. The first-order valence-electron chi connectivity index (χ1n) is 12.5. The van der Waals surface area contributed by atoms with Gasteiger partial charge in [0.2, 0.25) is 5.91 Å². The molecular weight excluding hydrogens is 458 g/mol. The number of pyridine rings is 1. The van der Waals surface area contributed by atoms with Crippen LogP contribution >= 0.6 is 0 Å². The highest BCUT2D eigenvalue weighted by Crippen LogP contribution is 2.44. The van der Waals surface area contributed by atoms with Gasteiger partial charge in [-0.3, -0.25) is 14.6 Å². The van der Waals surface area contributed by atoms with Crippen LogP contribution in [0.4, 0.5) is 5.69 Å². The molecule has 5 nitrogen and oxygen atoms in total. The minimum Gasteiger partial charge on any atom is -0.351 e. The topological polar surface area (TPSA) is 62.3 Å². The summed E-state index contributed by atoms with van der Waals surface area (Å²) in [5.74, 6) is -0.276. The molecule has 2 heterocycles. The quantitative estimate of drug-likeness (QED) is 0.314. The molecule has 1 aliphatic heterocycles. The van der Waals surface area contributed by atoms with E-state index in [-0.39, 0.29) is 18.4 Å². The molecule has 182 valence electrons. The van der Waals surface area contributed by atoms with E-state index in [1.807, 2.05) is 97.6 Å². The number of hydrogen-bond donors (Lipinski definition) is 1. The van der Waals surface area contributed by atoms with E-state index < -0.39 is 5.41 Å². The number of rotatable bonds is 5. The summed E-state index contributed by atoms with van der Waals surface area (Å²) in [5, 5.41) is 6.12. The van der Waals surface area contributed by atoms with E-state index in [1.54, 1.807) is 6.07 Å². The minimum absolute atomic E-state index is 0.0794. The number of aromatic nitrogens is 1. The van der Waals surface area contributed by atoms with Crippen LogP contribution < -0.4 is 10.2 Å². The number of amides is 2. The van der Waals surface area contributed by atoms with Gasteiger partial charge in [0, 0.05) is 22.9 Å². The second-order valence-electron chi connectivity index (χ2n) is 9.88. The van der Waals surface area contributed by atoms with Crippen LogP contribution in [-0.2, 0) is 16.8 Å². The molecule has 37 heavy (non-hydrogen) atoms. The van der Waals surface area contributed by atoms with E-state index in [0.29, 0.717) is 17.8 Å². The van der Waals surface area contributed by atoms with Crippen molar-refractivity contribution in [2.75, 3.05) is 11.4 Å². The van der Waals surface area contributed by atoms with Crippen LogP contribution in [0.1, 0.15) is 34.1 Å². The molecule has 0 saturated heterocycles. The van der Waals surface area contributed by atoms with E-state index in [9.17, 15) is 9.59 Å². The van der Waals surface area contributed by atoms with Gasteiger partial charge in [-0.05, 0) is 48.6 Å². The summed E-state index contributed by atoms with van der Waals surface area (Å²) < 4.78 is 0. The number of hydrogen-bond acceptors (Lipinski definition) is 3. The van der Waals surface area contributed by atoms with E-state index in [4.69, 9.17) is 4.98 Å². The largest absolute Gasteiger partial charge is 0.351 e. The van der Waals surface area contributed by atoms with Crippen LogP contribution in [0.2, 0.25) is 0 Å². The van der Waals surface area contributed by atoms with E-state index in [2.05, 4.69) is 17.4 Å². The number of fused-ring (bicyclic) bond motifs is 2. The molecule has 1 aliphatic rings. The Morgan fingerprint density at radius 2 is 1.57 bits per heavy atom. The van der Waals surface area contributed by atoms with Crippen LogP contribution in [0.25, 0.3) is 21.7 Å². The van der Waals surface area contributed by atoms with Gasteiger partial charge in [-0.15, -0.1) is 0 Å². The number of nitrogens with one attached hydrogen (secondary N) is 1. The highest BCUT2D eigenvalue weighted by Gasteiger charge is 2.46. The predicted octanol–water partition coefficient (Wildman–Crippen LogP) is 5.93. The first kappa shape index (κ1) is 22.9. The Kier molecular flexibility index (Phi) is 5.49. The Bertz CT molecular complexity index is 1680. The van der Waals surface area contributed by atoms with Gasteiger partial charge in [0.05, 0.1) is 23.4 Å². The minimum atomic E-state index is -1.05. The third-order valence-corrected chi connectivity index (χ3v) is 7.41. The molecule has 0 aliphatic carbocycles. The standard InChI is InChI=1S/C32H27N3O2/c1-21-11-6-7-14-23(21)30(36)33-20-32(2)29-28-25(24-15-8-9-17-26(24)34-29)16-10-18-27(28)35(31(32)37)19-22-12-4-3-5-13-22/h3-18H,19-20H2,1-2H3,(H,33,36). The molecule has 1 N–H and O–H groups in total. The third-order valence-electron chi connectivity index (χ3n) is 7.41. The number of carbonyl (C=O) groups excluding carboxylic acids is 2. The summed E-state index contributed by atoms with van der Waals surface area (Å²) in [6, 6.07) is 31.6. The van der Waals surface area contributed by atoms with Crippen LogP contribution in [0.5, 0.6) is 0 Å². The molecule has 1 aromatic heterocycles. The molecule has 0 saturated carbocycles. The smallest absolute Gasteiger partial charge is 0.251 e. The van der Waals surface area contributed by atoms with Crippen molar-refractivity contribution in [3.8, 4) is 0 Å². The van der Waals surface area contributed by atoms with Gasteiger partial charge < -0.3 is 10.2 Å². The zero-order valence-corrected chi connectivity index (χ0v) is 20.9. The summed E-state index contributed by atoms with van der Waals surface area (Å²) in [6.45, 7) is 4.39. The van der Waals surface area contributed by atoms with Crippen molar-refractivity contribution in [2.24, 2.45) is 0 Å². The Morgan fingerprint density at radius 3 is 2.38 bits per heavy atom. The molecule has 0 radical (unpaired) electrons. The van der Waals surface area contributed by atoms with Gasteiger partial charge >= 0.3 is 0 Å². The average Bonchev–Trinajstić information content (AvgIpc) is 2.93. The predicted molar refractivity (Wildman–Crippen MR) is 148 cm³/mol. The van der Waals surface area contributed by atoms with E-state index >= 15 is 0 Å². The second kappa shape index (κ2) is 8.86. The van der Waals surface area contributed by atoms with Gasteiger partial charge in [-0.25, -0.2) is 0 Å². The molecule has 5 aromatic rings. The molecular formula is C32H27N3O2. The van der Waals surface area contributed by atoms with Crippen molar-refractivity contribution >= 4 is 39.2 Å². The molecule has 6 rings (SSSR count). The van der Waals surface area contributed by atoms with Gasteiger partial charge in [0.15, 0.2) is 0 Å². The summed E-state index contributed by atoms with van der Waals surface area (Å²) in [6.07, 6.45) is 0. The van der Waals surface area contributed by atoms with Gasteiger partial charge in [-0.2, -0.15) is 0 Å². The Labute approximate surface area is 215 Å². The Balaban J connectivity index is 1.51. The Morgan fingerprint density at radius 1 is 0.865 bits per heavy atom. The summed E-state index contributed by atoms with van der Waals surface area (Å²) in [5.41, 5.74) is 3.87. The first-order chi connectivity index (χ1) is 18.0. The molecule has 2 amide bonds. The van der Waals surface area contributed by atoms with Crippen LogP contribution in [0, 0.1) is 6.92 Å². The van der Waals surface area contributed by atoms with Crippen molar-refractivity contribution in [1.82, 2.24) is 10.3 Å². The van der Waals surface area contributed by atoms with Gasteiger partial charge in [0.25, 0.3) is 5.91 Å². The van der Waals surface area contributed by atoms with Crippen LogP contribution in [0.15, 0.2) is 97.1 Å². The lowest BCUT2D eigenvalue weighted by Gasteiger charge is -2.40. The highest BCUT2D eigenvalue weighted by atomic mass is 16.2. The maximum absolute atomic E-state index is 14.3. The number of nitrogens with zero attached hydrogens (tertiary/aromatic N) is 2. The fourth-order valence-corrected chi connectivity index (χ4v) is 5.38. The van der Waals surface area contributed by atoms with Gasteiger partial charge in [0.1, 0.15) is 5.41 Å². The molecule has 4 aromatic carbocycles. The fraction of sp³-hybridized carbons (Fsp3) is 0.156. The van der Waals surface area contributed by atoms with E-state index in [1.165, 1.54) is 0 Å². The average molecular weight is 486 g/mol. The Hall–Kier alpha value is -4.51. The molecule has 0 spiro atoms. The summed E-state index contributed by atoms with van der Waals surface area (Å²) >= 11 is 0. The maximum atomic E-state index is 14.3. The number of para-hydroxylation sites is 1. The lowest BCUT2D eigenvalue weighted by Crippen LogP contribution is -2.54. The molecule has 0 fully saturated rings. The monoisotopic (exact) mass is 485 g/mol. The van der Waals surface area contributed by atoms with Crippen molar-refractivity contribution in [1.29, 1.82) is 0 Å². The van der Waals surface area contributed by atoms with Gasteiger partial charge in [-0.1, -0.05) is 78.9 Å². The molecule has 1 unspecified atom stereocenters. The SMILES string of the molecule is Cc1ccccc1C(=O)NCC1(C)C(=O)N(Cc2ccccc2)c2cccc3c2c1nc1ccccc13. The van der Waals surface area contributed by atoms with Crippen molar-refractivity contribution in [3.63, 3.8) is 0 Å². The van der Waals surface area contributed by atoms with Crippen LogP contribution in [-0.4, -0.2) is 23.3 Å². The normalized spacial score (nSPS) is 16.8. The van der Waals surface area contributed by atoms with Crippen molar-refractivity contribution < 1.29 is 9.59 Å². The number of carbonyl (C=O) groups is 2. The maximum Gasteiger partial charge on any atom is 0.251 e.